The number of carbonyl (C=O) groups is 3. The molecule has 0 unspecified atom stereocenters. The molecular formula is C21H31N5O3. The van der Waals surface area contributed by atoms with Crippen LogP contribution in [0.2, 0.25) is 0 Å². The summed E-state index contributed by atoms with van der Waals surface area (Å²) < 4.78 is 1.54. The molecule has 1 atom stereocenters. The zero-order chi connectivity index (χ0) is 20.6. The van der Waals surface area contributed by atoms with Crippen LogP contribution in [-0.2, 0) is 11.3 Å². The molecule has 0 spiro atoms. The van der Waals surface area contributed by atoms with E-state index in [1.807, 2.05) is 0 Å². The Morgan fingerprint density at radius 2 is 1.76 bits per heavy atom. The third-order valence-corrected chi connectivity index (χ3v) is 6.79. The normalized spacial score (nSPS) is 25.7. The molecule has 2 aliphatic heterocycles. The Bertz CT molecular complexity index is 805. The molecule has 1 aromatic rings. The monoisotopic (exact) mass is 401 g/mol. The van der Waals surface area contributed by atoms with E-state index in [4.69, 9.17) is 0 Å². The quantitative estimate of drug-likeness (QED) is 0.783. The van der Waals surface area contributed by atoms with Gasteiger partial charge < -0.3 is 15.1 Å². The van der Waals surface area contributed by atoms with Gasteiger partial charge in [-0.3, -0.25) is 19.1 Å². The maximum atomic E-state index is 13.2. The van der Waals surface area contributed by atoms with Crippen LogP contribution in [0.5, 0.6) is 0 Å². The Labute approximate surface area is 171 Å². The van der Waals surface area contributed by atoms with Crippen molar-refractivity contribution in [2.45, 2.75) is 76.4 Å². The molecule has 1 aliphatic carbocycles. The minimum atomic E-state index is -1.03. The summed E-state index contributed by atoms with van der Waals surface area (Å²) in [5.74, 6) is -0.555. The van der Waals surface area contributed by atoms with Crippen molar-refractivity contribution in [2.75, 3.05) is 20.1 Å². The van der Waals surface area contributed by atoms with Gasteiger partial charge in [0.15, 0.2) is 5.69 Å². The lowest BCUT2D eigenvalue weighted by atomic mass is 9.95. The molecule has 3 amide bonds. The number of aromatic nitrogens is 2. The van der Waals surface area contributed by atoms with Crippen LogP contribution in [0.25, 0.3) is 0 Å². The summed E-state index contributed by atoms with van der Waals surface area (Å²) >= 11 is 0. The Hall–Kier alpha value is -2.38. The number of amides is 3. The Morgan fingerprint density at radius 1 is 1.10 bits per heavy atom. The van der Waals surface area contributed by atoms with Crippen LogP contribution >= 0.6 is 0 Å². The smallest absolute Gasteiger partial charge is 0.274 e. The molecule has 2 fully saturated rings. The fourth-order valence-electron chi connectivity index (χ4n) is 4.68. The second kappa shape index (κ2) is 7.80. The Balaban J connectivity index is 1.54. The van der Waals surface area contributed by atoms with Gasteiger partial charge in [-0.1, -0.05) is 25.7 Å². The molecule has 4 rings (SSSR count). The average Bonchev–Trinajstić information content (AvgIpc) is 3.32. The summed E-state index contributed by atoms with van der Waals surface area (Å²) in [6.07, 6.45) is 8.66. The van der Waals surface area contributed by atoms with Crippen molar-refractivity contribution in [3.63, 3.8) is 0 Å². The summed E-state index contributed by atoms with van der Waals surface area (Å²) in [6.45, 7) is 3.49. The Kier molecular flexibility index (Phi) is 5.36. The van der Waals surface area contributed by atoms with Gasteiger partial charge in [0.25, 0.3) is 11.8 Å². The zero-order valence-electron chi connectivity index (χ0n) is 17.4. The van der Waals surface area contributed by atoms with Gasteiger partial charge in [-0.2, -0.15) is 5.10 Å². The number of rotatable bonds is 3. The molecule has 8 nitrogen and oxygen atoms in total. The molecule has 0 aromatic carbocycles. The van der Waals surface area contributed by atoms with Gasteiger partial charge in [-0.15, -0.1) is 0 Å². The summed E-state index contributed by atoms with van der Waals surface area (Å²) in [5, 5.41) is 7.59. The van der Waals surface area contributed by atoms with Gasteiger partial charge in [0.2, 0.25) is 5.91 Å². The van der Waals surface area contributed by atoms with Crippen LogP contribution in [0.15, 0.2) is 6.07 Å². The van der Waals surface area contributed by atoms with Gasteiger partial charge >= 0.3 is 0 Å². The summed E-state index contributed by atoms with van der Waals surface area (Å²) in [4.78, 5) is 42.2. The highest BCUT2D eigenvalue weighted by molar-refractivity contribution is 6.01. The molecule has 0 radical (unpaired) electrons. The third-order valence-electron chi connectivity index (χ3n) is 6.79. The average molecular weight is 402 g/mol. The van der Waals surface area contributed by atoms with Gasteiger partial charge in [-0.05, 0) is 32.6 Å². The lowest BCUT2D eigenvalue weighted by Crippen LogP contribution is -2.63. The first-order chi connectivity index (χ1) is 13.9. The van der Waals surface area contributed by atoms with Crippen LogP contribution in [0.4, 0.5) is 0 Å². The fraction of sp³-hybridized carbons (Fsp3) is 0.714. The SMILES string of the molecule is CN1C(=O)c2cc(C(=O)N3CCCC3)nn2C[C@@]1(C)C(=O)NC1CCCCCC1. The van der Waals surface area contributed by atoms with Gasteiger partial charge in [0.05, 0.1) is 6.54 Å². The van der Waals surface area contributed by atoms with Crippen molar-refractivity contribution < 1.29 is 14.4 Å². The highest BCUT2D eigenvalue weighted by Crippen LogP contribution is 2.27. The Morgan fingerprint density at radius 3 is 2.41 bits per heavy atom. The number of nitrogens with one attached hydrogen (secondary N) is 1. The number of likely N-dealkylation sites (N-methyl/N-ethyl adjacent to an activating group) is 1. The second-order valence-corrected chi connectivity index (χ2v) is 8.87. The van der Waals surface area contributed by atoms with E-state index in [1.165, 1.54) is 22.4 Å². The highest BCUT2D eigenvalue weighted by Gasteiger charge is 2.47. The predicted octanol–water partition coefficient (Wildman–Crippen LogP) is 1.80. The zero-order valence-corrected chi connectivity index (χ0v) is 17.4. The van der Waals surface area contributed by atoms with Crippen molar-refractivity contribution in [3.8, 4) is 0 Å². The summed E-state index contributed by atoms with van der Waals surface area (Å²) in [6, 6.07) is 1.74. The first kappa shape index (κ1) is 19.9. The molecule has 29 heavy (non-hydrogen) atoms. The fourth-order valence-corrected chi connectivity index (χ4v) is 4.68. The van der Waals surface area contributed by atoms with Gasteiger partial charge in [0, 0.05) is 32.2 Å². The van der Waals surface area contributed by atoms with E-state index in [0.717, 1.165) is 51.6 Å². The lowest BCUT2D eigenvalue weighted by molar-refractivity contribution is -0.133. The van der Waals surface area contributed by atoms with E-state index in [1.54, 1.807) is 24.9 Å². The third kappa shape index (κ3) is 3.65. The molecule has 8 heteroatoms. The van der Waals surface area contributed by atoms with Crippen molar-refractivity contribution in [2.24, 2.45) is 0 Å². The molecular weight excluding hydrogens is 370 g/mol. The first-order valence-corrected chi connectivity index (χ1v) is 10.9. The highest BCUT2D eigenvalue weighted by atomic mass is 16.2. The number of nitrogens with zero attached hydrogens (tertiary/aromatic N) is 4. The van der Waals surface area contributed by atoms with E-state index in [-0.39, 0.29) is 36.0 Å². The molecule has 158 valence electrons. The van der Waals surface area contributed by atoms with E-state index in [2.05, 4.69) is 10.4 Å². The lowest BCUT2D eigenvalue weighted by Gasteiger charge is -2.41. The van der Waals surface area contributed by atoms with Crippen LogP contribution < -0.4 is 5.32 Å². The van der Waals surface area contributed by atoms with E-state index < -0.39 is 5.54 Å². The largest absolute Gasteiger partial charge is 0.351 e. The first-order valence-electron chi connectivity index (χ1n) is 10.9. The molecule has 3 aliphatic rings. The number of likely N-dealkylation sites (tertiary alicyclic amines) is 1. The number of hydrogen-bond donors (Lipinski definition) is 1. The van der Waals surface area contributed by atoms with Crippen molar-refractivity contribution in [1.82, 2.24) is 24.9 Å². The van der Waals surface area contributed by atoms with E-state index in [0.29, 0.717) is 5.69 Å². The summed E-state index contributed by atoms with van der Waals surface area (Å²) in [5.41, 5.74) is -0.372. The number of fused-ring (bicyclic) bond motifs is 1. The maximum absolute atomic E-state index is 13.2. The van der Waals surface area contributed by atoms with Gasteiger partial charge in [0.1, 0.15) is 11.2 Å². The molecule has 0 bridgehead atoms. The second-order valence-electron chi connectivity index (χ2n) is 8.87. The van der Waals surface area contributed by atoms with E-state index >= 15 is 0 Å². The minimum absolute atomic E-state index is 0.135. The van der Waals surface area contributed by atoms with Crippen molar-refractivity contribution in [3.05, 3.63) is 17.5 Å². The van der Waals surface area contributed by atoms with Gasteiger partial charge in [-0.25, -0.2) is 0 Å². The standard InChI is InChI=1S/C21H31N5O3/c1-21(20(29)22-15-9-5-3-4-6-10-15)14-26-17(19(28)24(21)2)13-16(23-26)18(27)25-11-7-8-12-25/h13,15H,3-12,14H2,1-2H3,(H,22,29)/t21-/m0/s1. The summed E-state index contributed by atoms with van der Waals surface area (Å²) in [7, 11) is 1.66. The van der Waals surface area contributed by atoms with Crippen LogP contribution in [0, 0.1) is 0 Å². The number of carbonyl (C=O) groups excluding carboxylic acids is 3. The minimum Gasteiger partial charge on any atom is -0.351 e. The molecule has 3 heterocycles. The predicted molar refractivity (Wildman–Crippen MR) is 107 cm³/mol. The van der Waals surface area contributed by atoms with Crippen LogP contribution in [0.3, 0.4) is 0 Å². The van der Waals surface area contributed by atoms with Crippen LogP contribution in [-0.4, -0.2) is 69.0 Å². The molecule has 1 saturated heterocycles. The van der Waals surface area contributed by atoms with Crippen LogP contribution in [0.1, 0.15) is 79.3 Å². The maximum Gasteiger partial charge on any atom is 0.274 e. The molecule has 1 aromatic heterocycles. The topological polar surface area (TPSA) is 87.5 Å². The number of hydrogen-bond acceptors (Lipinski definition) is 4. The van der Waals surface area contributed by atoms with Crippen molar-refractivity contribution >= 4 is 17.7 Å². The molecule has 1 N–H and O–H groups in total. The molecule has 1 saturated carbocycles. The van der Waals surface area contributed by atoms with Crippen molar-refractivity contribution in [1.29, 1.82) is 0 Å². The van der Waals surface area contributed by atoms with E-state index in [9.17, 15) is 14.4 Å².